The molecule has 23 heavy (non-hydrogen) atoms. The topological polar surface area (TPSA) is 18.5 Å². The van der Waals surface area contributed by atoms with Crippen molar-refractivity contribution in [3.63, 3.8) is 0 Å². The van der Waals surface area contributed by atoms with Crippen LogP contribution in [0.1, 0.15) is 32.1 Å². The Balaban J connectivity index is 1.49. The largest absolute Gasteiger partial charge is 0.418 e. The third kappa shape index (κ3) is 1.78. The molecule has 1 aliphatic heterocycles. The van der Waals surface area contributed by atoms with Crippen LogP contribution in [0.4, 0.5) is 13.2 Å². The van der Waals surface area contributed by atoms with Crippen LogP contribution in [0.2, 0.25) is 0 Å². The zero-order valence-electron chi connectivity index (χ0n) is 12.9. The summed E-state index contributed by atoms with van der Waals surface area (Å²) in [5, 5.41) is 0. The maximum absolute atomic E-state index is 14.0. The van der Waals surface area contributed by atoms with Gasteiger partial charge in [-0.1, -0.05) is 24.3 Å². The van der Waals surface area contributed by atoms with Gasteiger partial charge in [0.25, 0.3) is 0 Å². The number of rotatable bonds is 2. The Labute approximate surface area is 133 Å². The average Bonchev–Trinajstić information content (AvgIpc) is 3.23. The quantitative estimate of drug-likeness (QED) is 0.714. The molecular weight excluding hydrogens is 305 g/mol. The summed E-state index contributed by atoms with van der Waals surface area (Å²) in [4.78, 5) is 0. The minimum Gasteiger partial charge on any atom is -0.381 e. The number of ether oxygens (including phenoxy) is 2. The lowest BCUT2D eigenvalue weighted by Gasteiger charge is -2.44. The zero-order valence-corrected chi connectivity index (χ0v) is 12.9. The summed E-state index contributed by atoms with van der Waals surface area (Å²) < 4.78 is 53.7. The molecule has 5 aliphatic rings. The van der Waals surface area contributed by atoms with Gasteiger partial charge in [-0.3, -0.25) is 0 Å². The first-order valence-corrected chi connectivity index (χ1v) is 8.59. The molecule has 5 heteroatoms. The molecule has 3 fully saturated rings. The van der Waals surface area contributed by atoms with Gasteiger partial charge in [0.05, 0.1) is 12.2 Å². The van der Waals surface area contributed by atoms with Gasteiger partial charge < -0.3 is 9.47 Å². The molecule has 0 N–H and O–H groups in total. The van der Waals surface area contributed by atoms with Crippen LogP contribution in [-0.2, 0) is 9.47 Å². The van der Waals surface area contributed by atoms with Crippen LogP contribution in [0.3, 0.4) is 0 Å². The van der Waals surface area contributed by atoms with Crippen molar-refractivity contribution in [2.75, 3.05) is 13.2 Å². The molecule has 4 aliphatic carbocycles. The summed E-state index contributed by atoms with van der Waals surface area (Å²) >= 11 is 0. The van der Waals surface area contributed by atoms with Crippen LogP contribution in [0.15, 0.2) is 24.3 Å². The van der Waals surface area contributed by atoms with Gasteiger partial charge in [-0.15, -0.1) is 0 Å². The molecule has 0 aromatic carbocycles. The number of halogens is 3. The van der Waals surface area contributed by atoms with E-state index >= 15 is 0 Å². The molecule has 1 saturated heterocycles. The van der Waals surface area contributed by atoms with Crippen molar-refractivity contribution in [3.8, 4) is 0 Å². The molecule has 6 atom stereocenters. The molecule has 2 nitrogen and oxygen atoms in total. The van der Waals surface area contributed by atoms with Crippen molar-refractivity contribution in [3.05, 3.63) is 24.3 Å². The highest BCUT2D eigenvalue weighted by atomic mass is 19.4. The zero-order chi connectivity index (χ0) is 15.9. The molecule has 6 unspecified atom stereocenters. The molecule has 0 amide bonds. The predicted octanol–water partition coefficient (Wildman–Crippen LogP) is 4.03. The fraction of sp³-hybridized carbons (Fsp3) is 0.778. The average molecular weight is 326 g/mol. The van der Waals surface area contributed by atoms with Crippen molar-refractivity contribution < 1.29 is 22.6 Å². The van der Waals surface area contributed by atoms with Gasteiger partial charge in [-0.05, 0) is 43.9 Å². The Kier molecular flexibility index (Phi) is 2.67. The lowest BCUT2D eigenvalue weighted by molar-refractivity contribution is -0.312. The first-order chi connectivity index (χ1) is 10.9. The van der Waals surface area contributed by atoms with Crippen LogP contribution in [0.25, 0.3) is 0 Å². The molecule has 2 saturated carbocycles. The van der Waals surface area contributed by atoms with E-state index < -0.39 is 23.3 Å². The monoisotopic (exact) mass is 326 g/mol. The minimum absolute atomic E-state index is 0.00893. The van der Waals surface area contributed by atoms with Gasteiger partial charge in [0.15, 0.2) is 5.60 Å². The predicted molar refractivity (Wildman–Crippen MR) is 77.7 cm³/mol. The number of hydrogen-bond donors (Lipinski definition) is 0. The molecule has 0 aromatic heterocycles. The highest BCUT2D eigenvalue weighted by Gasteiger charge is 2.69. The highest BCUT2D eigenvalue weighted by Crippen LogP contribution is 2.64. The van der Waals surface area contributed by atoms with Gasteiger partial charge in [-0.2, -0.15) is 13.2 Å². The van der Waals surface area contributed by atoms with Gasteiger partial charge in [0.2, 0.25) is 0 Å². The fourth-order valence-corrected chi connectivity index (χ4v) is 5.92. The van der Waals surface area contributed by atoms with Crippen LogP contribution >= 0.6 is 0 Å². The number of hydrogen-bond acceptors (Lipinski definition) is 2. The van der Waals surface area contributed by atoms with Gasteiger partial charge >= 0.3 is 6.18 Å². The molecule has 0 aromatic rings. The van der Waals surface area contributed by atoms with Crippen LogP contribution < -0.4 is 0 Å². The summed E-state index contributed by atoms with van der Waals surface area (Å²) in [6, 6.07) is 0. The van der Waals surface area contributed by atoms with E-state index in [-0.39, 0.29) is 17.8 Å². The Morgan fingerprint density at radius 1 is 1.09 bits per heavy atom. The Bertz CT molecular complexity index is 590. The second-order valence-electron chi connectivity index (χ2n) is 8.26. The van der Waals surface area contributed by atoms with E-state index in [9.17, 15) is 13.2 Å². The third-order valence-electron chi connectivity index (χ3n) is 6.97. The minimum atomic E-state index is -4.32. The molecule has 5 rings (SSSR count). The molecular formula is C18H21F3O2. The molecule has 1 spiro atoms. The first-order valence-electron chi connectivity index (χ1n) is 8.59. The van der Waals surface area contributed by atoms with E-state index in [4.69, 9.17) is 9.47 Å². The summed E-state index contributed by atoms with van der Waals surface area (Å²) in [5.74, 6) is -0.195. The number of allylic oxidation sites excluding steroid dienone is 2. The van der Waals surface area contributed by atoms with Gasteiger partial charge in [0.1, 0.15) is 0 Å². The fourth-order valence-electron chi connectivity index (χ4n) is 5.92. The van der Waals surface area contributed by atoms with Crippen molar-refractivity contribution in [1.82, 2.24) is 0 Å². The lowest BCUT2D eigenvalue weighted by Crippen LogP contribution is -2.55. The summed E-state index contributed by atoms with van der Waals surface area (Å²) in [6.45, 7) is 1.39. The van der Waals surface area contributed by atoms with Gasteiger partial charge in [-0.25, -0.2) is 0 Å². The molecule has 126 valence electrons. The number of fused-ring (bicyclic) bond motifs is 5. The Morgan fingerprint density at radius 2 is 1.96 bits per heavy atom. The van der Waals surface area contributed by atoms with Crippen molar-refractivity contribution in [1.29, 1.82) is 0 Å². The molecule has 1 heterocycles. The SMILES string of the molecule is FC(F)(F)C1(OC23C=CC(C2)C2(CCOC2)C3)CC2C=CC1C2. The van der Waals surface area contributed by atoms with E-state index in [0.29, 0.717) is 31.8 Å². The van der Waals surface area contributed by atoms with Crippen LogP contribution in [0, 0.1) is 23.2 Å². The second-order valence-corrected chi connectivity index (χ2v) is 8.26. The van der Waals surface area contributed by atoms with E-state index in [1.165, 1.54) is 0 Å². The van der Waals surface area contributed by atoms with E-state index in [1.54, 1.807) is 6.08 Å². The van der Waals surface area contributed by atoms with E-state index in [1.807, 2.05) is 12.2 Å². The normalized spacial score (nSPS) is 53.3. The lowest BCUT2D eigenvalue weighted by atomic mass is 9.74. The Hall–Kier alpha value is -0.810. The molecule has 0 radical (unpaired) electrons. The first kappa shape index (κ1) is 14.5. The van der Waals surface area contributed by atoms with Crippen molar-refractivity contribution >= 4 is 0 Å². The van der Waals surface area contributed by atoms with Crippen molar-refractivity contribution in [2.45, 2.75) is 49.5 Å². The van der Waals surface area contributed by atoms with Gasteiger partial charge in [0, 0.05) is 17.9 Å². The summed E-state index contributed by atoms with van der Waals surface area (Å²) in [7, 11) is 0. The van der Waals surface area contributed by atoms with Crippen LogP contribution in [0.5, 0.6) is 0 Å². The second kappa shape index (κ2) is 4.23. The summed E-state index contributed by atoms with van der Waals surface area (Å²) in [6.07, 6.45) is 6.34. The maximum atomic E-state index is 14.0. The standard InChI is InChI=1S/C18H21F3O2/c19-18(20,21)17(8-12-1-2-13(17)7-12)23-16-4-3-14(9-16)15(10-16)5-6-22-11-15/h1-4,12-14H,5-11H2. The molecule has 4 bridgehead atoms. The maximum Gasteiger partial charge on any atom is 0.418 e. The van der Waals surface area contributed by atoms with Crippen molar-refractivity contribution in [2.24, 2.45) is 23.2 Å². The smallest absolute Gasteiger partial charge is 0.381 e. The third-order valence-corrected chi connectivity index (χ3v) is 6.97. The van der Waals surface area contributed by atoms with E-state index in [2.05, 4.69) is 6.08 Å². The Morgan fingerprint density at radius 3 is 2.57 bits per heavy atom. The number of alkyl halides is 3. The van der Waals surface area contributed by atoms with E-state index in [0.717, 1.165) is 13.0 Å². The highest BCUT2D eigenvalue weighted by molar-refractivity contribution is 5.28. The van der Waals surface area contributed by atoms with Crippen LogP contribution in [-0.4, -0.2) is 30.6 Å². The summed E-state index contributed by atoms with van der Waals surface area (Å²) in [5.41, 5.74) is -2.72.